The van der Waals surface area contributed by atoms with Crippen LogP contribution in [0.4, 0.5) is 0 Å². The summed E-state index contributed by atoms with van der Waals surface area (Å²) in [5.41, 5.74) is 8.73. The largest absolute Gasteiger partial charge is 0.324 e. The molecule has 0 amide bonds. The van der Waals surface area contributed by atoms with Gasteiger partial charge in [0.2, 0.25) is 0 Å². The first kappa shape index (κ1) is 12.5. The molecule has 2 N–H and O–H groups in total. The molecule has 17 heavy (non-hydrogen) atoms. The molecule has 1 aliphatic rings. The van der Waals surface area contributed by atoms with Crippen LogP contribution in [0.1, 0.15) is 64.2 Å². The highest BCUT2D eigenvalue weighted by atomic mass is 14.9. The van der Waals surface area contributed by atoms with Gasteiger partial charge in [-0.1, -0.05) is 34.6 Å². The van der Waals surface area contributed by atoms with Gasteiger partial charge >= 0.3 is 0 Å². The van der Waals surface area contributed by atoms with Gasteiger partial charge in [-0.2, -0.15) is 0 Å². The van der Waals surface area contributed by atoms with E-state index >= 15 is 0 Å². The highest BCUT2D eigenvalue weighted by Crippen LogP contribution is 2.38. The molecule has 0 spiro atoms. The molecule has 1 aromatic rings. The summed E-state index contributed by atoms with van der Waals surface area (Å²) in [5, 5.41) is 0. The van der Waals surface area contributed by atoms with Crippen molar-refractivity contribution in [3.05, 3.63) is 23.3 Å². The summed E-state index contributed by atoms with van der Waals surface area (Å²) in [6, 6.07) is 0.0859. The van der Waals surface area contributed by atoms with Crippen LogP contribution in [-0.4, -0.2) is 9.97 Å². The lowest BCUT2D eigenvalue weighted by Gasteiger charge is -2.35. The maximum atomic E-state index is 6.20. The fourth-order valence-electron chi connectivity index (χ4n) is 2.47. The van der Waals surface area contributed by atoms with E-state index in [2.05, 4.69) is 39.6 Å². The summed E-state index contributed by atoms with van der Waals surface area (Å²) in [5.74, 6) is 0.918. The van der Waals surface area contributed by atoms with Crippen LogP contribution in [0, 0.1) is 5.41 Å². The van der Waals surface area contributed by atoms with Gasteiger partial charge in [0.15, 0.2) is 0 Å². The summed E-state index contributed by atoms with van der Waals surface area (Å²) < 4.78 is 0. The fraction of sp³-hybridized carbons (Fsp3) is 0.714. The predicted octanol–water partition coefficient (Wildman–Crippen LogP) is 2.75. The molecule has 0 saturated carbocycles. The molecule has 1 aliphatic carbocycles. The zero-order valence-corrected chi connectivity index (χ0v) is 11.5. The Morgan fingerprint density at radius 1 is 1.35 bits per heavy atom. The highest BCUT2D eigenvalue weighted by molar-refractivity contribution is 5.27. The van der Waals surface area contributed by atoms with Gasteiger partial charge in [0.1, 0.15) is 5.82 Å². The quantitative estimate of drug-likeness (QED) is 0.749. The molecular weight excluding hydrogens is 210 g/mol. The van der Waals surface area contributed by atoms with Crippen molar-refractivity contribution in [2.24, 2.45) is 11.1 Å². The van der Waals surface area contributed by atoms with Crippen molar-refractivity contribution in [2.45, 2.75) is 58.9 Å². The maximum Gasteiger partial charge on any atom is 0.133 e. The Kier molecular flexibility index (Phi) is 2.77. The normalized spacial score (nSPS) is 23.3. The van der Waals surface area contributed by atoms with Crippen molar-refractivity contribution < 1.29 is 0 Å². The Hall–Kier alpha value is -0.960. The van der Waals surface area contributed by atoms with Crippen molar-refractivity contribution in [1.29, 1.82) is 0 Å². The molecular formula is C14H23N3. The van der Waals surface area contributed by atoms with Crippen LogP contribution < -0.4 is 5.73 Å². The highest BCUT2D eigenvalue weighted by Gasteiger charge is 2.32. The average molecular weight is 233 g/mol. The summed E-state index contributed by atoms with van der Waals surface area (Å²) in [6.07, 6.45) is 3.95. The molecule has 3 nitrogen and oxygen atoms in total. The Bertz CT molecular complexity index is 430. The molecule has 1 aromatic heterocycles. The maximum absolute atomic E-state index is 6.20. The number of nitrogens with two attached hydrogens (primary N) is 1. The molecule has 0 radical (unpaired) electrons. The number of fused-ring (bicyclic) bond motifs is 1. The minimum atomic E-state index is 0.000710. The van der Waals surface area contributed by atoms with Crippen molar-refractivity contribution in [1.82, 2.24) is 9.97 Å². The van der Waals surface area contributed by atoms with Gasteiger partial charge in [0, 0.05) is 28.9 Å². The number of hydrogen-bond acceptors (Lipinski definition) is 3. The third-order valence-electron chi connectivity index (χ3n) is 3.39. The summed E-state index contributed by atoms with van der Waals surface area (Å²) in [4.78, 5) is 9.21. The zero-order valence-electron chi connectivity index (χ0n) is 11.5. The van der Waals surface area contributed by atoms with E-state index in [1.165, 1.54) is 0 Å². The number of hydrogen-bond donors (Lipinski definition) is 1. The van der Waals surface area contributed by atoms with E-state index in [4.69, 9.17) is 10.7 Å². The molecule has 0 unspecified atom stereocenters. The lowest BCUT2D eigenvalue weighted by molar-refractivity contribution is 0.276. The van der Waals surface area contributed by atoms with Crippen molar-refractivity contribution in [3.63, 3.8) is 0 Å². The Labute approximate surface area is 104 Å². The third-order valence-corrected chi connectivity index (χ3v) is 3.39. The summed E-state index contributed by atoms with van der Waals surface area (Å²) in [6.45, 7) is 10.9. The second-order valence-electron chi connectivity index (χ2n) is 7.00. The van der Waals surface area contributed by atoms with E-state index in [-0.39, 0.29) is 16.9 Å². The standard InChI is InChI=1S/C14H23N3/c1-13(2,3)12-16-8-9-10(15)6-14(4,5)7-11(9)17-12/h8,10H,6-7,15H2,1-5H3/t10-/m0/s1. The zero-order chi connectivity index (χ0) is 12.8. The molecule has 1 atom stereocenters. The topological polar surface area (TPSA) is 51.8 Å². The predicted molar refractivity (Wildman–Crippen MR) is 69.8 cm³/mol. The van der Waals surface area contributed by atoms with Gasteiger partial charge in [0.05, 0.1) is 0 Å². The molecule has 1 heterocycles. The number of nitrogens with zero attached hydrogens (tertiary/aromatic N) is 2. The van der Waals surface area contributed by atoms with Crippen LogP contribution in [0.2, 0.25) is 0 Å². The van der Waals surface area contributed by atoms with E-state index in [1.807, 2.05) is 6.20 Å². The minimum Gasteiger partial charge on any atom is -0.324 e. The minimum absolute atomic E-state index is 0.000710. The van der Waals surface area contributed by atoms with Crippen LogP contribution in [0.3, 0.4) is 0 Å². The molecule has 0 bridgehead atoms. The van der Waals surface area contributed by atoms with Gasteiger partial charge in [0.25, 0.3) is 0 Å². The van der Waals surface area contributed by atoms with Gasteiger partial charge in [-0.25, -0.2) is 9.97 Å². The molecule has 0 saturated heterocycles. The Morgan fingerprint density at radius 2 is 2.00 bits per heavy atom. The van der Waals surface area contributed by atoms with E-state index in [0.717, 1.165) is 29.9 Å². The van der Waals surface area contributed by atoms with E-state index in [0.29, 0.717) is 0 Å². The Morgan fingerprint density at radius 3 is 2.59 bits per heavy atom. The molecule has 2 rings (SSSR count). The second-order valence-corrected chi connectivity index (χ2v) is 7.00. The molecule has 94 valence electrons. The van der Waals surface area contributed by atoms with Crippen molar-refractivity contribution in [2.75, 3.05) is 0 Å². The summed E-state index contributed by atoms with van der Waals surface area (Å²) in [7, 11) is 0. The fourth-order valence-corrected chi connectivity index (χ4v) is 2.47. The van der Waals surface area contributed by atoms with Crippen molar-refractivity contribution >= 4 is 0 Å². The van der Waals surface area contributed by atoms with Gasteiger partial charge in [-0.15, -0.1) is 0 Å². The number of rotatable bonds is 0. The lowest BCUT2D eigenvalue weighted by atomic mass is 9.74. The van der Waals surface area contributed by atoms with Gasteiger partial charge in [-0.05, 0) is 18.3 Å². The van der Waals surface area contributed by atoms with Gasteiger partial charge < -0.3 is 5.73 Å². The first-order chi connectivity index (χ1) is 7.69. The van der Waals surface area contributed by atoms with Crippen LogP contribution in [0.5, 0.6) is 0 Å². The van der Waals surface area contributed by atoms with Crippen LogP contribution in [0.25, 0.3) is 0 Å². The average Bonchev–Trinajstić information content (AvgIpc) is 2.13. The molecule has 0 aliphatic heterocycles. The lowest BCUT2D eigenvalue weighted by Crippen LogP contribution is -2.32. The van der Waals surface area contributed by atoms with Gasteiger partial charge in [-0.3, -0.25) is 0 Å². The van der Waals surface area contributed by atoms with Crippen LogP contribution >= 0.6 is 0 Å². The third kappa shape index (κ3) is 2.49. The first-order valence-electron chi connectivity index (χ1n) is 6.31. The van der Waals surface area contributed by atoms with E-state index in [9.17, 15) is 0 Å². The smallest absolute Gasteiger partial charge is 0.133 e. The second kappa shape index (κ2) is 3.77. The molecule has 0 aromatic carbocycles. The van der Waals surface area contributed by atoms with E-state index < -0.39 is 0 Å². The Balaban J connectivity index is 2.45. The SMILES string of the molecule is CC1(C)Cc2nc(C(C)(C)C)ncc2[C@@H](N)C1. The molecule has 0 fully saturated rings. The number of aromatic nitrogens is 2. The van der Waals surface area contributed by atoms with Crippen LogP contribution in [-0.2, 0) is 11.8 Å². The van der Waals surface area contributed by atoms with Crippen molar-refractivity contribution in [3.8, 4) is 0 Å². The van der Waals surface area contributed by atoms with Crippen LogP contribution in [0.15, 0.2) is 6.20 Å². The first-order valence-corrected chi connectivity index (χ1v) is 6.31. The molecule has 3 heteroatoms. The van der Waals surface area contributed by atoms with E-state index in [1.54, 1.807) is 0 Å². The summed E-state index contributed by atoms with van der Waals surface area (Å²) >= 11 is 0. The monoisotopic (exact) mass is 233 g/mol.